The zero-order valence-corrected chi connectivity index (χ0v) is 18.2. The fourth-order valence-corrected chi connectivity index (χ4v) is 4.20. The first kappa shape index (κ1) is 21.8. The van der Waals surface area contributed by atoms with Crippen molar-refractivity contribution in [3.8, 4) is 0 Å². The van der Waals surface area contributed by atoms with Crippen LogP contribution in [0.2, 0.25) is 5.02 Å². The Morgan fingerprint density at radius 3 is 2.72 bits per heavy atom. The molecular weight excluding hydrogens is 387 g/mol. The largest absolute Gasteiger partial charge is 0.353 e. The van der Waals surface area contributed by atoms with Crippen LogP contribution in [0, 0.1) is 18.7 Å². The van der Waals surface area contributed by atoms with Crippen LogP contribution in [0.3, 0.4) is 0 Å². The molecule has 1 saturated heterocycles. The van der Waals surface area contributed by atoms with Crippen molar-refractivity contribution >= 4 is 17.5 Å². The lowest BCUT2D eigenvalue weighted by Crippen LogP contribution is -2.47. The van der Waals surface area contributed by atoms with Crippen LogP contribution >= 0.6 is 11.6 Å². The molecule has 0 saturated carbocycles. The molecule has 1 N–H and O–H groups in total. The smallest absolute Gasteiger partial charge is 0.224 e. The summed E-state index contributed by atoms with van der Waals surface area (Å²) >= 11 is 6.37. The molecule has 3 atom stereocenters. The second kappa shape index (κ2) is 9.73. The van der Waals surface area contributed by atoms with E-state index in [-0.39, 0.29) is 29.6 Å². The number of likely N-dealkylation sites (tertiary alicyclic amines) is 1. The molecule has 0 bridgehead atoms. The molecule has 3 rings (SSSR count). The Balaban J connectivity index is 1.83. The Morgan fingerprint density at radius 2 is 2.03 bits per heavy atom. The van der Waals surface area contributed by atoms with Crippen molar-refractivity contribution in [3.05, 3.63) is 70.0 Å². The number of amides is 1. The van der Waals surface area contributed by atoms with Crippen LogP contribution in [0.15, 0.2) is 42.5 Å². The van der Waals surface area contributed by atoms with Gasteiger partial charge in [-0.1, -0.05) is 48.9 Å². The monoisotopic (exact) mass is 416 g/mol. The quantitative estimate of drug-likeness (QED) is 0.692. The summed E-state index contributed by atoms with van der Waals surface area (Å²) in [5.74, 6) is -0.00981. The highest BCUT2D eigenvalue weighted by molar-refractivity contribution is 6.31. The van der Waals surface area contributed by atoms with E-state index < -0.39 is 0 Å². The van der Waals surface area contributed by atoms with Gasteiger partial charge in [0.1, 0.15) is 5.82 Å². The van der Waals surface area contributed by atoms with Crippen molar-refractivity contribution < 1.29 is 9.18 Å². The van der Waals surface area contributed by atoms with Gasteiger partial charge in [-0.05, 0) is 61.4 Å². The molecule has 0 spiro atoms. The number of rotatable bonds is 6. The van der Waals surface area contributed by atoms with E-state index in [9.17, 15) is 9.18 Å². The van der Waals surface area contributed by atoms with Gasteiger partial charge in [0.15, 0.2) is 0 Å². The van der Waals surface area contributed by atoms with Crippen molar-refractivity contribution in [2.75, 3.05) is 13.1 Å². The van der Waals surface area contributed by atoms with Gasteiger partial charge in [0, 0.05) is 30.7 Å². The number of halogens is 2. The third-order valence-electron chi connectivity index (χ3n) is 5.90. The van der Waals surface area contributed by atoms with Gasteiger partial charge in [-0.15, -0.1) is 0 Å². The van der Waals surface area contributed by atoms with Gasteiger partial charge >= 0.3 is 0 Å². The van der Waals surface area contributed by atoms with Gasteiger partial charge in [0.05, 0.1) is 5.92 Å². The number of nitrogens with one attached hydrogen (secondary N) is 1. The van der Waals surface area contributed by atoms with Crippen molar-refractivity contribution in [3.63, 3.8) is 0 Å². The number of hydrogen-bond acceptors (Lipinski definition) is 2. The molecule has 29 heavy (non-hydrogen) atoms. The zero-order valence-electron chi connectivity index (χ0n) is 17.4. The summed E-state index contributed by atoms with van der Waals surface area (Å²) in [7, 11) is 0. The van der Waals surface area contributed by atoms with Crippen molar-refractivity contribution in [1.82, 2.24) is 10.2 Å². The molecule has 0 aliphatic carbocycles. The average Bonchev–Trinajstić information content (AvgIpc) is 2.71. The van der Waals surface area contributed by atoms with Crippen molar-refractivity contribution in [1.29, 1.82) is 0 Å². The number of hydrogen-bond donors (Lipinski definition) is 1. The van der Waals surface area contributed by atoms with Gasteiger partial charge < -0.3 is 5.32 Å². The Labute approximate surface area is 178 Å². The minimum absolute atomic E-state index is 0.101. The van der Waals surface area contributed by atoms with Gasteiger partial charge in [0.2, 0.25) is 5.91 Å². The lowest BCUT2D eigenvalue weighted by Gasteiger charge is -2.38. The Morgan fingerprint density at radius 1 is 1.28 bits per heavy atom. The van der Waals surface area contributed by atoms with Gasteiger partial charge in [0.25, 0.3) is 0 Å². The number of benzene rings is 2. The molecular formula is C24H30ClFN2O. The lowest BCUT2D eigenvalue weighted by atomic mass is 9.83. The summed E-state index contributed by atoms with van der Waals surface area (Å²) in [6, 6.07) is 13.3. The van der Waals surface area contributed by atoms with E-state index in [2.05, 4.69) is 17.1 Å². The maximum Gasteiger partial charge on any atom is 0.224 e. The molecule has 1 aliphatic heterocycles. The van der Waals surface area contributed by atoms with E-state index in [4.69, 9.17) is 11.6 Å². The van der Waals surface area contributed by atoms with E-state index >= 15 is 0 Å². The highest BCUT2D eigenvalue weighted by Gasteiger charge is 2.33. The maximum absolute atomic E-state index is 13.8. The van der Waals surface area contributed by atoms with Crippen LogP contribution in [0.5, 0.6) is 0 Å². The molecule has 0 radical (unpaired) electrons. The Kier molecular flexibility index (Phi) is 7.31. The fourth-order valence-electron chi connectivity index (χ4n) is 4.00. The van der Waals surface area contributed by atoms with Crippen molar-refractivity contribution in [2.45, 2.75) is 52.1 Å². The maximum atomic E-state index is 13.8. The van der Waals surface area contributed by atoms with Gasteiger partial charge in [-0.2, -0.15) is 0 Å². The molecule has 1 fully saturated rings. The highest BCUT2D eigenvalue weighted by atomic mass is 35.5. The molecule has 5 heteroatoms. The predicted octanol–water partition coefficient (Wildman–Crippen LogP) is 5.31. The molecule has 156 valence electrons. The van der Waals surface area contributed by atoms with Crippen LogP contribution in [0.4, 0.5) is 4.39 Å². The second-order valence-corrected chi connectivity index (χ2v) is 8.65. The number of aryl methyl sites for hydroxylation is 1. The van der Waals surface area contributed by atoms with E-state index in [1.165, 1.54) is 6.07 Å². The van der Waals surface area contributed by atoms with Crippen LogP contribution in [0.1, 0.15) is 49.3 Å². The molecule has 1 aliphatic rings. The van der Waals surface area contributed by atoms with Crippen LogP contribution < -0.4 is 5.32 Å². The van der Waals surface area contributed by atoms with Crippen LogP contribution in [-0.4, -0.2) is 29.9 Å². The third-order valence-corrected chi connectivity index (χ3v) is 6.27. The summed E-state index contributed by atoms with van der Waals surface area (Å²) in [6.45, 7) is 8.11. The lowest BCUT2D eigenvalue weighted by molar-refractivity contribution is -0.127. The summed E-state index contributed by atoms with van der Waals surface area (Å²) in [4.78, 5) is 15.2. The zero-order chi connectivity index (χ0) is 21.0. The first-order valence-corrected chi connectivity index (χ1v) is 10.8. The van der Waals surface area contributed by atoms with Gasteiger partial charge in [-0.25, -0.2) is 4.39 Å². The minimum atomic E-state index is -0.191. The van der Waals surface area contributed by atoms with Crippen LogP contribution in [-0.2, 0) is 11.3 Å². The fraction of sp³-hybridized carbons (Fsp3) is 0.458. The molecule has 1 heterocycles. The van der Waals surface area contributed by atoms with Crippen molar-refractivity contribution in [2.24, 2.45) is 5.92 Å². The molecule has 2 aromatic carbocycles. The third kappa shape index (κ3) is 5.58. The van der Waals surface area contributed by atoms with E-state index in [1.54, 1.807) is 6.92 Å². The summed E-state index contributed by atoms with van der Waals surface area (Å²) in [5.41, 5.74) is 2.80. The second-order valence-electron chi connectivity index (χ2n) is 8.24. The summed E-state index contributed by atoms with van der Waals surface area (Å²) in [6.07, 6.45) is 1.68. The first-order valence-electron chi connectivity index (χ1n) is 10.4. The number of nitrogens with zero attached hydrogens (tertiary/aromatic N) is 1. The first-order chi connectivity index (χ1) is 13.9. The molecule has 0 unspecified atom stereocenters. The van der Waals surface area contributed by atoms with E-state index in [1.807, 2.05) is 43.3 Å². The Hall–Kier alpha value is -1.91. The topological polar surface area (TPSA) is 32.3 Å². The Bertz CT molecular complexity index is 857. The standard InChI is InChI=1S/C24H30ClFN2O/c1-4-17(3)27-24(29)21-12-20(18-9-10-23(26)16(2)11-18)14-28(15-21)13-19-7-5-6-8-22(19)25/h5-11,17,20-21H,4,12-15H2,1-3H3,(H,27,29)/t17-,20-,21+/m1/s1. The van der Waals surface area contributed by atoms with E-state index in [0.717, 1.165) is 35.5 Å². The van der Waals surface area contributed by atoms with E-state index in [0.29, 0.717) is 18.7 Å². The SMILES string of the molecule is CC[C@@H](C)NC(=O)[C@H]1C[C@@H](c2ccc(F)c(C)c2)CN(Cc2ccccc2Cl)C1. The number of piperidine rings is 1. The summed E-state index contributed by atoms with van der Waals surface area (Å²) in [5, 5.41) is 3.88. The van der Waals surface area contributed by atoms with Crippen LogP contribution in [0.25, 0.3) is 0 Å². The average molecular weight is 417 g/mol. The van der Waals surface area contributed by atoms with Gasteiger partial charge in [-0.3, -0.25) is 9.69 Å². The molecule has 0 aromatic heterocycles. The molecule has 3 nitrogen and oxygen atoms in total. The summed E-state index contributed by atoms with van der Waals surface area (Å²) < 4.78 is 13.8. The highest BCUT2D eigenvalue weighted by Crippen LogP contribution is 2.33. The number of carbonyl (C=O) groups excluding carboxylic acids is 1. The molecule has 1 amide bonds. The molecule has 2 aromatic rings. The predicted molar refractivity (Wildman–Crippen MR) is 117 cm³/mol. The normalized spacial score (nSPS) is 21.0. The minimum Gasteiger partial charge on any atom is -0.353 e. The number of carbonyl (C=O) groups is 1.